The molecule has 1 atom stereocenters. The average Bonchev–Trinajstić information content (AvgIpc) is 2.77. The van der Waals surface area contributed by atoms with Crippen molar-refractivity contribution in [3.63, 3.8) is 0 Å². The summed E-state index contributed by atoms with van der Waals surface area (Å²) in [5, 5.41) is 3.14. The van der Waals surface area contributed by atoms with Crippen molar-refractivity contribution in [2.24, 2.45) is 11.3 Å². The maximum atomic E-state index is 12.4. The number of rotatable bonds is 5. The fraction of sp³-hybridized carbons (Fsp3) is 0.625. The first-order chi connectivity index (χ1) is 9.93. The average molecular weight is 290 g/mol. The molecule has 0 spiro atoms. The van der Waals surface area contributed by atoms with Crippen LogP contribution in [0.25, 0.3) is 0 Å². The van der Waals surface area contributed by atoms with Crippen LogP contribution in [0.1, 0.15) is 62.5 Å². The molecule has 5 nitrogen and oxygen atoms in total. The minimum Gasteiger partial charge on any atom is -0.349 e. The van der Waals surface area contributed by atoms with E-state index in [1.165, 1.54) is 0 Å². The van der Waals surface area contributed by atoms with Crippen LogP contribution in [0, 0.1) is 5.41 Å². The quantitative estimate of drug-likeness (QED) is 0.575. The fourth-order valence-corrected chi connectivity index (χ4v) is 3.01. The highest BCUT2D eigenvalue weighted by atomic mass is 16.1. The number of hydrogen-bond donors (Lipinski definition) is 3. The Kier molecular flexibility index (Phi) is 4.83. The molecule has 0 radical (unpaired) electrons. The number of nitrogens with zero attached hydrogens (tertiary/aromatic N) is 1. The number of nitrogens with one attached hydrogen (secondary N) is 2. The van der Waals surface area contributed by atoms with E-state index in [0.717, 1.165) is 37.8 Å². The summed E-state index contributed by atoms with van der Waals surface area (Å²) in [6, 6.07) is 3.83. The normalized spacial score (nSPS) is 20.3. The zero-order chi connectivity index (χ0) is 15.5. The molecule has 1 fully saturated rings. The molecular weight excluding hydrogens is 264 g/mol. The standard InChI is InChI=1S/C16H26N4O/c1-4-5-12-8-11(9-14(18-12)20-17)15(21)19-13-6-7-16(2,3)10-13/h8-9,13H,4-7,10,17H2,1-3H3,(H,18,20)(H,19,21). The Labute approximate surface area is 126 Å². The van der Waals surface area contributed by atoms with Crippen LogP contribution in [0.15, 0.2) is 12.1 Å². The molecule has 0 aromatic carbocycles. The third kappa shape index (κ3) is 4.17. The van der Waals surface area contributed by atoms with Gasteiger partial charge in [-0.1, -0.05) is 27.2 Å². The Morgan fingerprint density at radius 3 is 2.81 bits per heavy atom. The fourth-order valence-electron chi connectivity index (χ4n) is 3.01. The molecule has 1 aliphatic carbocycles. The molecule has 116 valence electrons. The van der Waals surface area contributed by atoms with Gasteiger partial charge in [0.25, 0.3) is 5.91 Å². The van der Waals surface area contributed by atoms with Gasteiger partial charge >= 0.3 is 0 Å². The van der Waals surface area contributed by atoms with E-state index in [9.17, 15) is 4.79 Å². The smallest absolute Gasteiger partial charge is 0.251 e. The second-order valence-electron chi connectivity index (χ2n) is 6.70. The Balaban J connectivity index is 2.09. The van der Waals surface area contributed by atoms with Crippen LogP contribution in [0.3, 0.4) is 0 Å². The first-order valence-corrected chi connectivity index (χ1v) is 7.72. The highest BCUT2D eigenvalue weighted by molar-refractivity contribution is 5.95. The van der Waals surface area contributed by atoms with Gasteiger partial charge in [-0.3, -0.25) is 4.79 Å². The van der Waals surface area contributed by atoms with Gasteiger partial charge in [-0.2, -0.15) is 0 Å². The zero-order valence-corrected chi connectivity index (χ0v) is 13.2. The number of carbonyl (C=O) groups is 1. The van der Waals surface area contributed by atoms with E-state index in [1.54, 1.807) is 6.07 Å². The van der Waals surface area contributed by atoms with Gasteiger partial charge in [0.05, 0.1) is 0 Å². The van der Waals surface area contributed by atoms with Crippen LogP contribution >= 0.6 is 0 Å². The first-order valence-electron chi connectivity index (χ1n) is 7.72. The van der Waals surface area contributed by atoms with Crippen molar-refractivity contribution < 1.29 is 4.79 Å². The molecule has 1 aliphatic rings. The Morgan fingerprint density at radius 2 is 2.24 bits per heavy atom. The molecule has 1 aromatic heterocycles. The molecule has 1 amide bonds. The van der Waals surface area contributed by atoms with Gasteiger partial charge in [0.1, 0.15) is 5.82 Å². The summed E-state index contributed by atoms with van der Waals surface area (Å²) in [6.45, 7) is 6.59. The predicted molar refractivity (Wildman–Crippen MR) is 84.9 cm³/mol. The molecule has 5 heteroatoms. The van der Waals surface area contributed by atoms with Crippen LogP contribution in [-0.2, 0) is 6.42 Å². The molecule has 1 aromatic rings. The summed E-state index contributed by atoms with van der Waals surface area (Å²) < 4.78 is 0. The molecule has 4 N–H and O–H groups in total. The number of amides is 1. The third-order valence-electron chi connectivity index (χ3n) is 4.10. The van der Waals surface area contributed by atoms with Gasteiger partial charge in [-0.15, -0.1) is 0 Å². The lowest BCUT2D eigenvalue weighted by Gasteiger charge is -2.18. The van der Waals surface area contributed by atoms with E-state index in [2.05, 4.69) is 36.5 Å². The number of hydrogen-bond acceptors (Lipinski definition) is 4. The molecule has 1 unspecified atom stereocenters. The van der Waals surface area contributed by atoms with Gasteiger partial charge in [-0.05, 0) is 43.2 Å². The van der Waals surface area contributed by atoms with Crippen molar-refractivity contribution in [2.75, 3.05) is 5.43 Å². The molecule has 0 bridgehead atoms. The molecule has 0 saturated heterocycles. The lowest BCUT2D eigenvalue weighted by Crippen LogP contribution is -2.33. The second-order valence-corrected chi connectivity index (χ2v) is 6.70. The number of aryl methyl sites for hydroxylation is 1. The molecule has 21 heavy (non-hydrogen) atoms. The van der Waals surface area contributed by atoms with Crippen LogP contribution in [0.2, 0.25) is 0 Å². The predicted octanol–water partition coefficient (Wildman–Crippen LogP) is 2.63. The van der Waals surface area contributed by atoms with E-state index in [1.807, 2.05) is 6.07 Å². The summed E-state index contributed by atoms with van der Waals surface area (Å²) in [7, 11) is 0. The van der Waals surface area contributed by atoms with Gasteiger partial charge in [0, 0.05) is 17.3 Å². The summed E-state index contributed by atoms with van der Waals surface area (Å²) in [4.78, 5) is 16.8. The van der Waals surface area contributed by atoms with Crippen LogP contribution in [-0.4, -0.2) is 16.9 Å². The van der Waals surface area contributed by atoms with Crippen molar-refractivity contribution in [3.8, 4) is 0 Å². The van der Waals surface area contributed by atoms with Crippen molar-refractivity contribution in [3.05, 3.63) is 23.4 Å². The molecule has 0 aliphatic heterocycles. The van der Waals surface area contributed by atoms with Gasteiger partial charge < -0.3 is 10.7 Å². The van der Waals surface area contributed by atoms with Gasteiger partial charge in [0.2, 0.25) is 0 Å². The molecule has 1 saturated carbocycles. The number of pyridine rings is 1. The highest BCUT2D eigenvalue weighted by Gasteiger charge is 2.31. The lowest BCUT2D eigenvalue weighted by molar-refractivity contribution is 0.0936. The number of hydrazine groups is 1. The SMILES string of the molecule is CCCc1cc(C(=O)NC2CCC(C)(C)C2)cc(NN)n1. The number of nitrogens with two attached hydrogens (primary N) is 1. The summed E-state index contributed by atoms with van der Waals surface area (Å²) in [5.41, 5.74) is 4.39. The minimum atomic E-state index is -0.0334. The first kappa shape index (κ1) is 15.8. The summed E-state index contributed by atoms with van der Waals surface area (Å²) >= 11 is 0. The Bertz CT molecular complexity index is 513. The number of anilines is 1. The maximum Gasteiger partial charge on any atom is 0.251 e. The summed E-state index contributed by atoms with van der Waals surface area (Å²) in [5.74, 6) is 5.95. The maximum absolute atomic E-state index is 12.4. The minimum absolute atomic E-state index is 0.0334. The zero-order valence-electron chi connectivity index (χ0n) is 13.2. The topological polar surface area (TPSA) is 80.0 Å². The highest BCUT2D eigenvalue weighted by Crippen LogP contribution is 2.37. The number of aromatic nitrogens is 1. The van der Waals surface area contributed by atoms with Gasteiger partial charge in [0.15, 0.2) is 0 Å². The number of nitrogen functional groups attached to an aromatic ring is 1. The van der Waals surface area contributed by atoms with Crippen LogP contribution in [0.5, 0.6) is 0 Å². The van der Waals surface area contributed by atoms with Crippen LogP contribution in [0.4, 0.5) is 5.82 Å². The largest absolute Gasteiger partial charge is 0.349 e. The number of carbonyl (C=O) groups excluding carboxylic acids is 1. The van der Waals surface area contributed by atoms with Crippen molar-refractivity contribution in [1.29, 1.82) is 0 Å². The molecule has 2 rings (SSSR count). The van der Waals surface area contributed by atoms with E-state index >= 15 is 0 Å². The lowest BCUT2D eigenvalue weighted by atomic mass is 9.92. The Morgan fingerprint density at radius 1 is 1.48 bits per heavy atom. The van der Waals surface area contributed by atoms with Crippen molar-refractivity contribution in [1.82, 2.24) is 10.3 Å². The van der Waals surface area contributed by atoms with E-state index in [4.69, 9.17) is 5.84 Å². The van der Waals surface area contributed by atoms with Gasteiger partial charge in [-0.25, -0.2) is 10.8 Å². The summed E-state index contributed by atoms with van der Waals surface area (Å²) in [6.07, 6.45) is 5.07. The Hall–Kier alpha value is -1.62. The van der Waals surface area contributed by atoms with Crippen molar-refractivity contribution in [2.45, 2.75) is 58.9 Å². The van der Waals surface area contributed by atoms with E-state index in [0.29, 0.717) is 16.8 Å². The monoisotopic (exact) mass is 290 g/mol. The van der Waals surface area contributed by atoms with E-state index in [-0.39, 0.29) is 11.9 Å². The second kappa shape index (κ2) is 6.43. The van der Waals surface area contributed by atoms with E-state index < -0.39 is 0 Å². The van der Waals surface area contributed by atoms with Crippen LogP contribution < -0.4 is 16.6 Å². The molecular formula is C16H26N4O. The molecule has 1 heterocycles. The third-order valence-corrected chi connectivity index (χ3v) is 4.10. The van der Waals surface area contributed by atoms with Crippen molar-refractivity contribution >= 4 is 11.7 Å².